The summed E-state index contributed by atoms with van der Waals surface area (Å²) in [6.07, 6.45) is -0.176. The second-order valence-electron chi connectivity index (χ2n) is 9.52. The molecule has 10 nitrogen and oxygen atoms in total. The predicted octanol–water partition coefficient (Wildman–Crippen LogP) is 6.21. The summed E-state index contributed by atoms with van der Waals surface area (Å²) in [6, 6.07) is 6.50. The van der Waals surface area contributed by atoms with E-state index in [1.54, 1.807) is 39.0 Å². The molecule has 0 aliphatic carbocycles. The topological polar surface area (TPSA) is 124 Å². The first-order chi connectivity index (χ1) is 19.2. The number of carbonyl (C=O) groups excluding carboxylic acids is 2. The average Bonchev–Trinajstić information content (AvgIpc) is 3.39. The molecule has 0 bridgehead atoms. The highest BCUT2D eigenvalue weighted by Gasteiger charge is 2.38. The van der Waals surface area contributed by atoms with E-state index in [4.69, 9.17) is 32.7 Å². The van der Waals surface area contributed by atoms with Crippen molar-refractivity contribution in [1.82, 2.24) is 10.3 Å². The van der Waals surface area contributed by atoms with Crippen molar-refractivity contribution in [2.24, 2.45) is 0 Å². The molecule has 1 heterocycles. The zero-order chi connectivity index (χ0) is 30.4. The number of carbonyl (C=O) groups is 2. The molecule has 0 saturated carbocycles. The molecule has 1 N–H and O–H groups in total. The molecule has 0 aliphatic rings. The molecule has 0 spiro atoms. The van der Waals surface area contributed by atoms with Gasteiger partial charge in [-0.1, -0.05) is 23.2 Å². The third-order valence-corrected chi connectivity index (χ3v) is 8.02. The SMILES string of the molecule is COC(=O)CNCCCc1cc(Cl)ccc1Oc1cc(F)c(S(=O)(=O)N(C(=O)OC(C)(C)C)c2cscn2)cc1Cl. The van der Waals surface area contributed by atoms with Gasteiger partial charge < -0.3 is 19.5 Å². The Hall–Kier alpha value is -2.97. The van der Waals surface area contributed by atoms with Crippen LogP contribution in [-0.2, 0) is 30.7 Å². The van der Waals surface area contributed by atoms with Crippen LogP contribution in [0.1, 0.15) is 32.8 Å². The molecule has 0 atom stereocenters. The van der Waals surface area contributed by atoms with E-state index >= 15 is 4.39 Å². The van der Waals surface area contributed by atoms with E-state index in [1.807, 2.05) is 0 Å². The number of aromatic nitrogens is 1. The number of esters is 1. The molecule has 3 rings (SSSR count). The Kier molecular flexibility index (Phi) is 11.0. The lowest BCUT2D eigenvalue weighted by Gasteiger charge is -2.26. The number of ether oxygens (including phenoxy) is 3. The first-order valence-electron chi connectivity index (χ1n) is 12.1. The number of anilines is 1. The van der Waals surface area contributed by atoms with Gasteiger partial charge in [-0.2, -0.15) is 0 Å². The van der Waals surface area contributed by atoms with Crippen LogP contribution in [0.25, 0.3) is 0 Å². The van der Waals surface area contributed by atoms with Crippen molar-refractivity contribution in [3.8, 4) is 11.5 Å². The summed E-state index contributed by atoms with van der Waals surface area (Å²) in [5.74, 6) is -1.70. The van der Waals surface area contributed by atoms with Crippen LogP contribution in [0.4, 0.5) is 15.0 Å². The predicted molar refractivity (Wildman–Crippen MR) is 154 cm³/mol. The maximum absolute atomic E-state index is 15.4. The van der Waals surface area contributed by atoms with E-state index in [0.29, 0.717) is 35.7 Å². The first-order valence-corrected chi connectivity index (χ1v) is 15.3. The van der Waals surface area contributed by atoms with Crippen LogP contribution in [0.3, 0.4) is 0 Å². The molecule has 1 amide bonds. The van der Waals surface area contributed by atoms with Gasteiger partial charge in [-0.05, 0) is 70.0 Å². The zero-order valence-electron chi connectivity index (χ0n) is 22.6. The molecular formula is C26H28Cl2FN3O7S2. The Labute approximate surface area is 251 Å². The van der Waals surface area contributed by atoms with E-state index in [2.05, 4.69) is 15.0 Å². The van der Waals surface area contributed by atoms with Crippen molar-refractivity contribution in [2.45, 2.75) is 44.1 Å². The Bertz CT molecular complexity index is 1500. The fraction of sp³-hybridized carbons (Fsp3) is 0.346. The summed E-state index contributed by atoms with van der Waals surface area (Å²) in [4.78, 5) is 27.2. The minimum Gasteiger partial charge on any atom is -0.468 e. The van der Waals surface area contributed by atoms with E-state index in [0.717, 1.165) is 23.5 Å². The monoisotopic (exact) mass is 647 g/mol. The molecule has 41 heavy (non-hydrogen) atoms. The summed E-state index contributed by atoms with van der Waals surface area (Å²) in [7, 11) is -3.55. The third-order valence-electron chi connectivity index (χ3n) is 5.23. The highest BCUT2D eigenvalue weighted by molar-refractivity contribution is 7.93. The second kappa shape index (κ2) is 13.8. The summed E-state index contributed by atoms with van der Waals surface area (Å²) in [6.45, 7) is 5.24. The lowest BCUT2D eigenvalue weighted by Crippen LogP contribution is -2.41. The molecule has 3 aromatic rings. The van der Waals surface area contributed by atoms with Gasteiger partial charge in [0.15, 0.2) is 5.82 Å². The number of halogens is 3. The number of amides is 1. The van der Waals surface area contributed by atoms with Crippen molar-refractivity contribution < 1.29 is 36.6 Å². The lowest BCUT2D eigenvalue weighted by atomic mass is 10.1. The number of hydrogen-bond donors (Lipinski definition) is 1. The van der Waals surface area contributed by atoms with Gasteiger partial charge in [0, 0.05) is 16.5 Å². The van der Waals surface area contributed by atoms with Crippen molar-refractivity contribution >= 4 is 62.4 Å². The average molecular weight is 649 g/mol. The fourth-order valence-electron chi connectivity index (χ4n) is 3.44. The molecule has 2 aromatic carbocycles. The van der Waals surface area contributed by atoms with E-state index in [1.165, 1.54) is 18.0 Å². The Morgan fingerprint density at radius 1 is 1.15 bits per heavy atom. The largest absolute Gasteiger partial charge is 0.468 e. The first kappa shape index (κ1) is 32.5. The maximum Gasteiger partial charge on any atom is 0.430 e. The molecule has 0 fully saturated rings. The van der Waals surface area contributed by atoms with Crippen molar-refractivity contribution in [3.05, 3.63) is 62.6 Å². The Morgan fingerprint density at radius 2 is 1.88 bits per heavy atom. The van der Waals surface area contributed by atoms with Crippen molar-refractivity contribution in [1.29, 1.82) is 0 Å². The number of thiazole rings is 1. The quantitative estimate of drug-likeness (QED) is 0.191. The summed E-state index contributed by atoms with van der Waals surface area (Å²) in [5, 5.41) is 4.47. The lowest BCUT2D eigenvalue weighted by molar-refractivity contribution is -0.139. The van der Waals surface area contributed by atoms with Crippen LogP contribution in [0.15, 0.2) is 46.1 Å². The van der Waals surface area contributed by atoms with Crippen LogP contribution in [0, 0.1) is 5.82 Å². The number of aryl methyl sites for hydroxylation is 1. The fourth-order valence-corrected chi connectivity index (χ4v) is 5.83. The molecule has 0 aliphatic heterocycles. The Morgan fingerprint density at radius 3 is 2.51 bits per heavy atom. The molecule has 1 aromatic heterocycles. The van der Waals surface area contributed by atoms with Gasteiger partial charge in [0.25, 0.3) is 10.0 Å². The summed E-state index contributed by atoms with van der Waals surface area (Å²) < 4.78 is 58.4. The third kappa shape index (κ3) is 8.76. The van der Waals surface area contributed by atoms with Crippen LogP contribution in [-0.4, -0.2) is 51.3 Å². The van der Waals surface area contributed by atoms with Gasteiger partial charge in [-0.25, -0.2) is 22.6 Å². The van der Waals surface area contributed by atoms with E-state index in [-0.39, 0.29) is 33.4 Å². The van der Waals surface area contributed by atoms with Crippen molar-refractivity contribution in [2.75, 3.05) is 24.5 Å². The molecule has 222 valence electrons. The van der Waals surface area contributed by atoms with Gasteiger partial charge in [-0.3, -0.25) is 4.79 Å². The van der Waals surface area contributed by atoms with Crippen LogP contribution < -0.4 is 14.4 Å². The molecule has 15 heteroatoms. The number of rotatable bonds is 11. The number of hydrogen-bond acceptors (Lipinski definition) is 10. The van der Waals surface area contributed by atoms with Gasteiger partial charge in [0.05, 0.1) is 24.2 Å². The summed E-state index contributed by atoms with van der Waals surface area (Å²) >= 11 is 13.6. The highest BCUT2D eigenvalue weighted by atomic mass is 35.5. The molecule has 0 radical (unpaired) electrons. The van der Waals surface area contributed by atoms with Gasteiger partial charge >= 0.3 is 12.1 Å². The van der Waals surface area contributed by atoms with Gasteiger partial charge in [0.1, 0.15) is 27.8 Å². The van der Waals surface area contributed by atoms with Gasteiger partial charge in [0.2, 0.25) is 0 Å². The van der Waals surface area contributed by atoms with Gasteiger partial charge in [-0.15, -0.1) is 15.6 Å². The standard InChI is InChI=1S/C26H28Cl2FN3O7S2/c1-26(2,3)39-25(34)32(23-14-40-15-31-23)41(35,36)22-11-18(28)21(12-19(22)29)38-20-8-7-17(27)10-16(20)6-5-9-30-13-24(33)37-4/h7-8,10-12,14-15,30H,5-6,9,13H2,1-4H3. The normalized spacial score (nSPS) is 11.7. The molecule has 0 unspecified atom stereocenters. The zero-order valence-corrected chi connectivity index (χ0v) is 25.7. The number of benzene rings is 2. The Balaban J connectivity index is 1.88. The number of nitrogens with one attached hydrogen (secondary N) is 1. The minimum absolute atomic E-state index is 0.0629. The number of methoxy groups -OCH3 is 1. The smallest absolute Gasteiger partial charge is 0.430 e. The summed E-state index contributed by atoms with van der Waals surface area (Å²) in [5.41, 5.74) is 0.953. The van der Waals surface area contributed by atoms with E-state index in [9.17, 15) is 18.0 Å². The van der Waals surface area contributed by atoms with Crippen LogP contribution in [0.2, 0.25) is 10.0 Å². The van der Waals surface area contributed by atoms with Crippen LogP contribution >= 0.6 is 34.5 Å². The highest BCUT2D eigenvalue weighted by Crippen LogP contribution is 2.37. The minimum atomic E-state index is -4.85. The van der Waals surface area contributed by atoms with Crippen molar-refractivity contribution in [3.63, 3.8) is 0 Å². The maximum atomic E-state index is 15.4. The molecule has 0 saturated heterocycles. The van der Waals surface area contributed by atoms with E-state index < -0.39 is 32.4 Å². The molecular weight excluding hydrogens is 620 g/mol. The van der Waals surface area contributed by atoms with Crippen LogP contribution in [0.5, 0.6) is 11.5 Å². The number of nitrogens with zero attached hydrogens (tertiary/aromatic N) is 2. The number of sulfonamides is 1. The second-order valence-corrected chi connectivity index (χ2v) is 12.8.